The maximum Gasteiger partial charge on any atom is 0.275 e. The van der Waals surface area contributed by atoms with Crippen LogP contribution in [-0.2, 0) is 4.79 Å². The number of nitrogens with zero attached hydrogens (tertiary/aromatic N) is 2. The molecule has 0 spiro atoms. The molecule has 0 saturated carbocycles. The fraction of sp³-hybridized carbons (Fsp3) is 0.0526. The van der Waals surface area contributed by atoms with Crippen molar-refractivity contribution >= 4 is 34.7 Å². The third-order valence-electron chi connectivity index (χ3n) is 3.54. The predicted molar refractivity (Wildman–Crippen MR) is 100 cm³/mol. The highest BCUT2D eigenvalue weighted by atomic mass is 19.1. The molecule has 3 N–H and O–H groups in total. The zero-order chi connectivity index (χ0) is 20.1. The Morgan fingerprint density at radius 3 is 2.21 bits per heavy atom. The van der Waals surface area contributed by atoms with Crippen molar-refractivity contribution in [2.45, 2.75) is 6.92 Å². The summed E-state index contributed by atoms with van der Waals surface area (Å²) in [5, 5.41) is 7.96. The number of nitrogens with one attached hydrogen (secondary N) is 3. The van der Waals surface area contributed by atoms with Gasteiger partial charge in [-0.3, -0.25) is 9.59 Å². The molecule has 3 rings (SSSR count). The van der Waals surface area contributed by atoms with E-state index in [4.69, 9.17) is 0 Å². The number of aromatic nitrogens is 2. The van der Waals surface area contributed by atoms with E-state index in [1.54, 1.807) is 24.3 Å². The Morgan fingerprint density at radius 1 is 0.893 bits per heavy atom. The Labute approximate surface area is 158 Å². The summed E-state index contributed by atoms with van der Waals surface area (Å²) in [6, 6.07) is 9.75. The molecule has 1 aromatic heterocycles. The van der Waals surface area contributed by atoms with Gasteiger partial charge in [0, 0.05) is 24.4 Å². The molecule has 2 amide bonds. The third kappa shape index (κ3) is 4.85. The van der Waals surface area contributed by atoms with Crippen molar-refractivity contribution in [1.29, 1.82) is 0 Å². The molecule has 0 bridgehead atoms. The number of carbonyl (C=O) groups excluding carboxylic acids is 2. The van der Waals surface area contributed by atoms with E-state index < -0.39 is 17.5 Å². The summed E-state index contributed by atoms with van der Waals surface area (Å²) < 4.78 is 26.5. The lowest BCUT2D eigenvalue weighted by molar-refractivity contribution is -0.114. The molecule has 0 aliphatic heterocycles. The molecule has 0 fully saturated rings. The van der Waals surface area contributed by atoms with Crippen LogP contribution in [0, 0.1) is 11.6 Å². The van der Waals surface area contributed by atoms with Crippen molar-refractivity contribution < 1.29 is 18.4 Å². The van der Waals surface area contributed by atoms with Gasteiger partial charge in [0.1, 0.15) is 23.1 Å². The van der Waals surface area contributed by atoms with Crippen LogP contribution in [0.4, 0.5) is 31.7 Å². The number of anilines is 4. The Bertz CT molecular complexity index is 1010. The Hall–Kier alpha value is -3.88. The molecule has 1 heterocycles. The molecule has 142 valence electrons. The smallest absolute Gasteiger partial charge is 0.275 e. The van der Waals surface area contributed by atoms with Crippen LogP contribution in [0.25, 0.3) is 0 Å². The molecule has 0 aliphatic carbocycles. The number of hydrogen-bond acceptors (Lipinski definition) is 5. The SMILES string of the molecule is CC(=O)Nc1ccc(Nc2cnc(C(=O)Nc3ccc(F)cc3F)cn2)cc1. The van der Waals surface area contributed by atoms with E-state index in [0.29, 0.717) is 23.3 Å². The van der Waals surface area contributed by atoms with Gasteiger partial charge in [-0.25, -0.2) is 18.7 Å². The lowest BCUT2D eigenvalue weighted by Crippen LogP contribution is -2.15. The molecule has 0 radical (unpaired) electrons. The van der Waals surface area contributed by atoms with Gasteiger partial charge in [-0.1, -0.05) is 0 Å². The summed E-state index contributed by atoms with van der Waals surface area (Å²) in [5.41, 5.74) is 1.17. The Morgan fingerprint density at radius 2 is 1.61 bits per heavy atom. The van der Waals surface area contributed by atoms with E-state index in [9.17, 15) is 18.4 Å². The fourth-order valence-electron chi connectivity index (χ4n) is 2.28. The lowest BCUT2D eigenvalue weighted by atomic mass is 10.2. The first kappa shape index (κ1) is 18.9. The molecule has 3 aromatic rings. The van der Waals surface area contributed by atoms with Crippen LogP contribution in [0.2, 0.25) is 0 Å². The average Bonchev–Trinajstić information content (AvgIpc) is 2.66. The highest BCUT2D eigenvalue weighted by Crippen LogP contribution is 2.18. The first-order chi connectivity index (χ1) is 13.4. The summed E-state index contributed by atoms with van der Waals surface area (Å²) in [4.78, 5) is 31.2. The lowest BCUT2D eigenvalue weighted by Gasteiger charge is -2.08. The molecule has 2 aromatic carbocycles. The summed E-state index contributed by atoms with van der Waals surface area (Å²) >= 11 is 0. The van der Waals surface area contributed by atoms with Crippen LogP contribution < -0.4 is 16.0 Å². The number of halogens is 2. The molecule has 7 nitrogen and oxygen atoms in total. The van der Waals surface area contributed by atoms with Crippen LogP contribution in [-0.4, -0.2) is 21.8 Å². The van der Waals surface area contributed by atoms with Gasteiger partial charge in [0.15, 0.2) is 0 Å². The fourth-order valence-corrected chi connectivity index (χ4v) is 2.28. The molecule has 0 unspecified atom stereocenters. The molecule has 0 atom stereocenters. The highest BCUT2D eigenvalue weighted by molar-refractivity contribution is 6.02. The monoisotopic (exact) mass is 383 g/mol. The predicted octanol–water partition coefficient (Wildman–Crippen LogP) is 3.71. The van der Waals surface area contributed by atoms with Crippen LogP contribution in [0.5, 0.6) is 0 Å². The van der Waals surface area contributed by atoms with Gasteiger partial charge in [-0.15, -0.1) is 0 Å². The molecule has 9 heteroatoms. The largest absolute Gasteiger partial charge is 0.339 e. The third-order valence-corrected chi connectivity index (χ3v) is 3.54. The van der Waals surface area contributed by atoms with Crippen molar-refractivity contribution in [3.8, 4) is 0 Å². The molecular formula is C19H15F2N5O2. The van der Waals surface area contributed by atoms with Crippen LogP contribution in [0.15, 0.2) is 54.9 Å². The van der Waals surface area contributed by atoms with Gasteiger partial charge >= 0.3 is 0 Å². The van der Waals surface area contributed by atoms with Crippen molar-refractivity contribution in [3.05, 3.63) is 72.2 Å². The summed E-state index contributed by atoms with van der Waals surface area (Å²) in [7, 11) is 0. The van der Waals surface area contributed by atoms with Crippen molar-refractivity contribution in [1.82, 2.24) is 9.97 Å². The van der Waals surface area contributed by atoms with Crippen molar-refractivity contribution in [2.24, 2.45) is 0 Å². The number of carbonyl (C=O) groups is 2. The van der Waals surface area contributed by atoms with Crippen LogP contribution >= 0.6 is 0 Å². The van der Waals surface area contributed by atoms with Crippen molar-refractivity contribution in [3.63, 3.8) is 0 Å². The van der Waals surface area contributed by atoms with Gasteiger partial charge in [-0.05, 0) is 36.4 Å². The summed E-state index contributed by atoms with van der Waals surface area (Å²) in [6.07, 6.45) is 2.57. The quantitative estimate of drug-likeness (QED) is 0.624. The number of benzene rings is 2. The summed E-state index contributed by atoms with van der Waals surface area (Å²) in [6.45, 7) is 1.42. The maximum atomic E-state index is 13.6. The van der Waals surface area contributed by atoms with E-state index in [1.807, 2.05) is 0 Å². The van der Waals surface area contributed by atoms with Gasteiger partial charge < -0.3 is 16.0 Å². The first-order valence-electron chi connectivity index (χ1n) is 8.14. The highest BCUT2D eigenvalue weighted by Gasteiger charge is 2.12. The van der Waals surface area contributed by atoms with E-state index in [0.717, 1.165) is 12.1 Å². The van der Waals surface area contributed by atoms with Gasteiger partial charge in [0.05, 0.1) is 18.1 Å². The first-order valence-corrected chi connectivity index (χ1v) is 8.14. The van der Waals surface area contributed by atoms with Crippen LogP contribution in [0.1, 0.15) is 17.4 Å². The number of amides is 2. The van der Waals surface area contributed by atoms with E-state index >= 15 is 0 Å². The van der Waals surface area contributed by atoms with E-state index in [1.165, 1.54) is 19.3 Å². The normalized spacial score (nSPS) is 10.2. The second kappa shape index (κ2) is 8.21. The maximum absolute atomic E-state index is 13.6. The second-order valence-corrected chi connectivity index (χ2v) is 5.75. The Balaban J connectivity index is 1.64. The minimum Gasteiger partial charge on any atom is -0.339 e. The van der Waals surface area contributed by atoms with Gasteiger partial charge in [-0.2, -0.15) is 0 Å². The summed E-state index contributed by atoms with van der Waals surface area (Å²) in [5.74, 6) is -2.08. The zero-order valence-corrected chi connectivity index (χ0v) is 14.7. The standard InChI is InChI=1S/C19H15F2N5O2/c1-11(27)24-13-3-5-14(6-4-13)25-18-10-22-17(9-23-18)19(28)26-16-7-2-12(20)8-15(16)21/h2-10H,1H3,(H,23,25)(H,24,27)(H,26,28). The van der Waals surface area contributed by atoms with Gasteiger partial charge in [0.25, 0.3) is 5.91 Å². The topological polar surface area (TPSA) is 96.0 Å². The molecule has 0 aliphatic rings. The minimum absolute atomic E-state index is 0.0321. The van der Waals surface area contributed by atoms with Crippen molar-refractivity contribution in [2.75, 3.05) is 16.0 Å². The average molecular weight is 383 g/mol. The van der Waals surface area contributed by atoms with Crippen LogP contribution in [0.3, 0.4) is 0 Å². The molecular weight excluding hydrogens is 368 g/mol. The Kier molecular flexibility index (Phi) is 5.54. The minimum atomic E-state index is -0.887. The zero-order valence-electron chi connectivity index (χ0n) is 14.7. The van der Waals surface area contributed by atoms with E-state index in [-0.39, 0.29) is 17.3 Å². The van der Waals surface area contributed by atoms with E-state index in [2.05, 4.69) is 25.9 Å². The number of hydrogen-bond donors (Lipinski definition) is 3. The second-order valence-electron chi connectivity index (χ2n) is 5.75. The number of rotatable bonds is 5. The molecule has 0 saturated heterocycles. The van der Waals surface area contributed by atoms with Gasteiger partial charge in [0.2, 0.25) is 5.91 Å². The molecule has 28 heavy (non-hydrogen) atoms.